The topological polar surface area (TPSA) is 82.5 Å². The Labute approximate surface area is 170 Å². The molecule has 0 N–H and O–H groups in total. The molecular formula is C21H26N6O2. The lowest BCUT2D eigenvalue weighted by molar-refractivity contribution is -0.151. The first-order chi connectivity index (χ1) is 14.0. The fourth-order valence-electron chi connectivity index (χ4n) is 3.86. The molecule has 29 heavy (non-hydrogen) atoms. The first-order valence-corrected chi connectivity index (χ1v) is 10.1. The molecule has 0 atom stereocenters. The molecule has 2 aliphatic rings. The van der Waals surface area contributed by atoms with Crippen LogP contribution in [0.25, 0.3) is 11.4 Å². The SMILES string of the molecule is Cc1nc(-c2cccnc2)nc(N2CCN(C(=O)C(=O)N3CCCC3)CC2)c1C. The van der Waals surface area contributed by atoms with Crippen LogP contribution < -0.4 is 4.90 Å². The third kappa shape index (κ3) is 3.92. The second-order valence-electron chi connectivity index (χ2n) is 7.60. The summed E-state index contributed by atoms with van der Waals surface area (Å²) in [4.78, 5) is 44.0. The predicted octanol–water partition coefficient (Wildman–Crippen LogP) is 1.43. The number of pyridine rings is 1. The molecule has 0 bridgehead atoms. The van der Waals surface area contributed by atoms with Gasteiger partial charge in [0.1, 0.15) is 5.82 Å². The summed E-state index contributed by atoms with van der Waals surface area (Å²) in [5.41, 5.74) is 2.84. The smallest absolute Gasteiger partial charge is 0.312 e. The van der Waals surface area contributed by atoms with Gasteiger partial charge in [-0.3, -0.25) is 14.6 Å². The molecule has 0 aromatic carbocycles. The molecule has 4 rings (SSSR count). The lowest BCUT2D eigenvalue weighted by atomic mass is 10.2. The van der Waals surface area contributed by atoms with Gasteiger partial charge in [0.2, 0.25) is 0 Å². The first-order valence-electron chi connectivity index (χ1n) is 10.1. The number of anilines is 1. The molecule has 0 aliphatic carbocycles. The summed E-state index contributed by atoms with van der Waals surface area (Å²) in [7, 11) is 0. The van der Waals surface area contributed by atoms with Gasteiger partial charge in [0.15, 0.2) is 5.82 Å². The molecule has 2 aromatic rings. The van der Waals surface area contributed by atoms with E-state index < -0.39 is 0 Å². The predicted molar refractivity (Wildman–Crippen MR) is 109 cm³/mol. The number of nitrogens with zero attached hydrogens (tertiary/aromatic N) is 6. The number of carbonyl (C=O) groups is 2. The van der Waals surface area contributed by atoms with E-state index >= 15 is 0 Å². The Morgan fingerprint density at radius 1 is 0.897 bits per heavy atom. The van der Waals surface area contributed by atoms with Crippen LogP contribution in [0.1, 0.15) is 24.1 Å². The molecule has 8 heteroatoms. The second kappa shape index (κ2) is 8.14. The van der Waals surface area contributed by atoms with E-state index in [1.165, 1.54) is 0 Å². The van der Waals surface area contributed by atoms with Crippen molar-refractivity contribution in [3.8, 4) is 11.4 Å². The minimum atomic E-state index is -0.377. The Balaban J connectivity index is 1.47. The highest BCUT2D eigenvalue weighted by Crippen LogP contribution is 2.25. The third-order valence-corrected chi connectivity index (χ3v) is 5.73. The maximum Gasteiger partial charge on any atom is 0.312 e. The fraction of sp³-hybridized carbons (Fsp3) is 0.476. The van der Waals surface area contributed by atoms with Crippen molar-refractivity contribution in [3.05, 3.63) is 35.8 Å². The van der Waals surface area contributed by atoms with E-state index in [4.69, 9.17) is 4.98 Å². The summed E-state index contributed by atoms with van der Waals surface area (Å²) in [5, 5.41) is 0. The third-order valence-electron chi connectivity index (χ3n) is 5.73. The van der Waals surface area contributed by atoms with Gasteiger partial charge in [-0.05, 0) is 38.8 Å². The Morgan fingerprint density at radius 3 is 2.17 bits per heavy atom. The number of amides is 2. The zero-order chi connectivity index (χ0) is 20.4. The zero-order valence-corrected chi connectivity index (χ0v) is 17.0. The molecule has 2 amide bonds. The maximum absolute atomic E-state index is 12.6. The van der Waals surface area contributed by atoms with Gasteiger partial charge in [0.25, 0.3) is 0 Å². The molecule has 152 valence electrons. The lowest BCUT2D eigenvalue weighted by Crippen LogP contribution is -2.53. The van der Waals surface area contributed by atoms with Crippen LogP contribution in [0.4, 0.5) is 5.82 Å². The van der Waals surface area contributed by atoms with Crippen molar-refractivity contribution in [1.29, 1.82) is 0 Å². The normalized spacial score (nSPS) is 17.0. The summed E-state index contributed by atoms with van der Waals surface area (Å²) >= 11 is 0. The van der Waals surface area contributed by atoms with E-state index in [0.717, 1.165) is 35.5 Å². The van der Waals surface area contributed by atoms with E-state index in [2.05, 4.69) is 14.9 Å². The van der Waals surface area contributed by atoms with E-state index in [9.17, 15) is 9.59 Å². The number of carbonyl (C=O) groups excluding carboxylic acids is 2. The van der Waals surface area contributed by atoms with Gasteiger partial charge < -0.3 is 14.7 Å². The van der Waals surface area contributed by atoms with Crippen LogP contribution in [-0.4, -0.2) is 75.8 Å². The maximum atomic E-state index is 12.6. The molecule has 2 fully saturated rings. The number of aromatic nitrogens is 3. The fourth-order valence-corrected chi connectivity index (χ4v) is 3.86. The van der Waals surface area contributed by atoms with Crippen LogP contribution in [0.15, 0.2) is 24.5 Å². The number of hydrogen-bond donors (Lipinski definition) is 0. The van der Waals surface area contributed by atoms with Gasteiger partial charge in [0.05, 0.1) is 0 Å². The first kappa shape index (κ1) is 19.3. The Bertz CT molecular complexity index is 903. The van der Waals surface area contributed by atoms with Crippen molar-refractivity contribution in [2.75, 3.05) is 44.2 Å². The quantitative estimate of drug-likeness (QED) is 0.717. The highest BCUT2D eigenvalue weighted by atomic mass is 16.2. The Morgan fingerprint density at radius 2 is 1.55 bits per heavy atom. The number of hydrogen-bond acceptors (Lipinski definition) is 6. The Hall–Kier alpha value is -3.03. The highest BCUT2D eigenvalue weighted by molar-refractivity contribution is 6.35. The molecule has 0 spiro atoms. The van der Waals surface area contributed by atoms with E-state index in [-0.39, 0.29) is 11.8 Å². The lowest BCUT2D eigenvalue weighted by Gasteiger charge is -2.36. The van der Waals surface area contributed by atoms with Gasteiger partial charge in [0, 0.05) is 68.5 Å². The van der Waals surface area contributed by atoms with Gasteiger partial charge in [-0.25, -0.2) is 9.97 Å². The van der Waals surface area contributed by atoms with Crippen LogP contribution >= 0.6 is 0 Å². The summed E-state index contributed by atoms with van der Waals surface area (Å²) in [6, 6.07) is 3.82. The molecule has 0 saturated carbocycles. The number of piperazine rings is 1. The van der Waals surface area contributed by atoms with E-state index in [1.807, 2.05) is 26.0 Å². The highest BCUT2D eigenvalue weighted by Gasteiger charge is 2.31. The summed E-state index contributed by atoms with van der Waals surface area (Å²) in [5.74, 6) is 0.801. The average molecular weight is 394 g/mol. The number of rotatable bonds is 2. The van der Waals surface area contributed by atoms with Crippen LogP contribution in [0.5, 0.6) is 0 Å². The molecular weight excluding hydrogens is 368 g/mol. The van der Waals surface area contributed by atoms with Crippen LogP contribution in [0, 0.1) is 13.8 Å². The molecule has 2 aliphatic heterocycles. The average Bonchev–Trinajstić information content (AvgIpc) is 3.30. The molecule has 0 radical (unpaired) electrons. The molecule has 2 aromatic heterocycles. The summed E-state index contributed by atoms with van der Waals surface area (Å²) in [6.45, 7) is 7.71. The van der Waals surface area contributed by atoms with Gasteiger partial charge in [-0.15, -0.1) is 0 Å². The van der Waals surface area contributed by atoms with E-state index in [1.54, 1.807) is 22.2 Å². The monoisotopic (exact) mass is 394 g/mol. The molecule has 4 heterocycles. The van der Waals surface area contributed by atoms with Crippen molar-refractivity contribution < 1.29 is 9.59 Å². The number of likely N-dealkylation sites (tertiary alicyclic amines) is 1. The Kier molecular flexibility index (Phi) is 5.42. The van der Waals surface area contributed by atoms with Gasteiger partial charge in [-0.1, -0.05) is 0 Å². The molecule has 2 saturated heterocycles. The number of aryl methyl sites for hydroxylation is 1. The summed E-state index contributed by atoms with van der Waals surface area (Å²) in [6.07, 6.45) is 5.45. The second-order valence-corrected chi connectivity index (χ2v) is 7.60. The van der Waals surface area contributed by atoms with Crippen molar-refractivity contribution >= 4 is 17.6 Å². The van der Waals surface area contributed by atoms with Crippen molar-refractivity contribution in [2.45, 2.75) is 26.7 Å². The van der Waals surface area contributed by atoms with Gasteiger partial charge >= 0.3 is 11.8 Å². The van der Waals surface area contributed by atoms with Crippen LogP contribution in [0.3, 0.4) is 0 Å². The molecule has 0 unspecified atom stereocenters. The van der Waals surface area contributed by atoms with Crippen molar-refractivity contribution in [1.82, 2.24) is 24.8 Å². The van der Waals surface area contributed by atoms with Crippen molar-refractivity contribution in [2.24, 2.45) is 0 Å². The minimum Gasteiger partial charge on any atom is -0.353 e. The van der Waals surface area contributed by atoms with Crippen LogP contribution in [-0.2, 0) is 9.59 Å². The van der Waals surface area contributed by atoms with Crippen LogP contribution in [0.2, 0.25) is 0 Å². The van der Waals surface area contributed by atoms with Gasteiger partial charge in [-0.2, -0.15) is 0 Å². The summed E-state index contributed by atoms with van der Waals surface area (Å²) < 4.78 is 0. The standard InChI is InChI=1S/C21H26N6O2/c1-15-16(2)23-18(17-6-5-7-22-14-17)24-19(15)25-10-12-27(13-11-25)21(29)20(28)26-8-3-4-9-26/h5-7,14H,3-4,8-13H2,1-2H3. The molecule has 8 nitrogen and oxygen atoms in total. The largest absolute Gasteiger partial charge is 0.353 e. The minimum absolute atomic E-state index is 0.358. The van der Waals surface area contributed by atoms with E-state index in [0.29, 0.717) is 45.1 Å². The zero-order valence-electron chi connectivity index (χ0n) is 17.0. The van der Waals surface area contributed by atoms with Crippen molar-refractivity contribution in [3.63, 3.8) is 0 Å².